The van der Waals surface area contributed by atoms with Crippen molar-refractivity contribution in [3.05, 3.63) is 88.5 Å². The first-order valence-electron chi connectivity index (χ1n) is 12.1. The monoisotopic (exact) mass is 560 g/mol. The van der Waals surface area contributed by atoms with Crippen LogP contribution in [0.2, 0.25) is 0 Å². The second kappa shape index (κ2) is 9.15. The third-order valence-corrected chi connectivity index (χ3v) is 7.72. The Kier molecular flexibility index (Phi) is 5.79. The van der Waals surface area contributed by atoms with Crippen molar-refractivity contribution in [2.45, 2.75) is 24.4 Å². The molecule has 2 unspecified atom stereocenters. The van der Waals surface area contributed by atoms with Crippen molar-refractivity contribution in [1.29, 1.82) is 0 Å². The molecule has 188 valence electrons. The minimum absolute atomic E-state index is 0.0145. The number of nitrogens with zero attached hydrogens (tertiary/aromatic N) is 1. The summed E-state index contributed by atoms with van der Waals surface area (Å²) in [7, 11) is 0. The molecule has 0 radical (unpaired) electrons. The number of rotatable bonds is 7. The van der Waals surface area contributed by atoms with Crippen molar-refractivity contribution in [1.82, 2.24) is 15.2 Å². The molecule has 3 amide bonds. The smallest absolute Gasteiger partial charge is 0.322 e. The van der Waals surface area contributed by atoms with Gasteiger partial charge in [-0.3, -0.25) is 10.1 Å². The third-order valence-electron chi connectivity index (χ3n) is 7.19. The number of aromatic nitrogens is 1. The number of halogens is 1. The number of benzene rings is 3. The normalized spacial score (nSPS) is 20.4. The van der Waals surface area contributed by atoms with Gasteiger partial charge in [0.2, 0.25) is 0 Å². The van der Waals surface area contributed by atoms with Crippen LogP contribution in [0, 0.1) is 0 Å². The van der Waals surface area contributed by atoms with E-state index in [0.29, 0.717) is 29.2 Å². The molecule has 2 aliphatic heterocycles. The summed E-state index contributed by atoms with van der Waals surface area (Å²) in [6.07, 6.45) is 2.66. The summed E-state index contributed by atoms with van der Waals surface area (Å²) in [4.78, 5) is 25.1. The average Bonchev–Trinajstić information content (AvgIpc) is 3.53. The number of carbonyl (C=O) groups is 2. The summed E-state index contributed by atoms with van der Waals surface area (Å²) in [5, 5.41) is 20.9. The Balaban J connectivity index is 1.22. The zero-order chi connectivity index (χ0) is 25.6. The number of urea groups is 1. The maximum Gasteiger partial charge on any atom is 0.322 e. The SMILES string of the molecule is O=C1NC(=O)C(Cn2cc3cc(OCCC4CNc5ccccc54)ccc3c2O)(c2ccc(Br)cc2)N1. The van der Waals surface area contributed by atoms with Crippen LogP contribution in [0.25, 0.3) is 10.8 Å². The van der Waals surface area contributed by atoms with Crippen molar-refractivity contribution in [2.24, 2.45) is 0 Å². The van der Waals surface area contributed by atoms with Gasteiger partial charge in [0.25, 0.3) is 5.91 Å². The molecule has 37 heavy (non-hydrogen) atoms. The van der Waals surface area contributed by atoms with E-state index in [4.69, 9.17) is 4.74 Å². The summed E-state index contributed by atoms with van der Waals surface area (Å²) in [6.45, 7) is 1.50. The minimum atomic E-state index is -1.35. The predicted octanol–water partition coefficient (Wildman–Crippen LogP) is 4.82. The van der Waals surface area contributed by atoms with E-state index in [9.17, 15) is 14.7 Å². The molecule has 1 aromatic heterocycles. The van der Waals surface area contributed by atoms with Crippen LogP contribution in [-0.4, -0.2) is 34.8 Å². The first-order chi connectivity index (χ1) is 17.9. The number of imide groups is 1. The van der Waals surface area contributed by atoms with Gasteiger partial charge in [0.1, 0.15) is 5.75 Å². The van der Waals surface area contributed by atoms with Crippen molar-refractivity contribution in [3.63, 3.8) is 0 Å². The maximum absolute atomic E-state index is 13.0. The molecule has 9 heteroatoms. The van der Waals surface area contributed by atoms with Crippen molar-refractivity contribution in [3.8, 4) is 11.6 Å². The second-order valence-corrected chi connectivity index (χ2v) is 10.4. The molecule has 3 aromatic carbocycles. The summed E-state index contributed by atoms with van der Waals surface area (Å²) in [6, 6.07) is 20.5. The molecule has 0 bridgehead atoms. The van der Waals surface area contributed by atoms with E-state index in [0.717, 1.165) is 22.8 Å². The average molecular weight is 561 g/mol. The van der Waals surface area contributed by atoms with Crippen LogP contribution in [0.3, 0.4) is 0 Å². The molecule has 8 nitrogen and oxygen atoms in total. The Morgan fingerprint density at radius 3 is 2.68 bits per heavy atom. The van der Waals surface area contributed by atoms with Gasteiger partial charge >= 0.3 is 6.03 Å². The number of anilines is 1. The summed E-state index contributed by atoms with van der Waals surface area (Å²) in [5.74, 6) is 0.663. The van der Waals surface area contributed by atoms with Gasteiger partial charge in [-0.25, -0.2) is 4.79 Å². The molecule has 2 atom stereocenters. The maximum atomic E-state index is 13.0. The van der Waals surface area contributed by atoms with Gasteiger partial charge in [0, 0.05) is 39.6 Å². The van der Waals surface area contributed by atoms with Crippen LogP contribution < -0.4 is 20.7 Å². The molecule has 0 saturated carbocycles. The Hall–Kier alpha value is -3.98. The van der Waals surface area contributed by atoms with Crippen molar-refractivity contribution >= 4 is 44.3 Å². The van der Waals surface area contributed by atoms with Crippen molar-refractivity contribution < 1.29 is 19.4 Å². The summed E-state index contributed by atoms with van der Waals surface area (Å²) >= 11 is 3.40. The van der Waals surface area contributed by atoms with Gasteiger partial charge in [-0.2, -0.15) is 0 Å². The van der Waals surface area contributed by atoms with Gasteiger partial charge in [0.05, 0.1) is 13.2 Å². The lowest BCUT2D eigenvalue weighted by atomic mass is 9.90. The van der Waals surface area contributed by atoms with Gasteiger partial charge in [0.15, 0.2) is 11.4 Å². The molecular weight excluding hydrogens is 536 g/mol. The molecule has 3 heterocycles. The molecule has 0 spiro atoms. The minimum Gasteiger partial charge on any atom is -0.494 e. The molecule has 2 aliphatic rings. The van der Waals surface area contributed by atoms with E-state index in [-0.39, 0.29) is 12.4 Å². The fourth-order valence-electron chi connectivity index (χ4n) is 5.27. The first-order valence-corrected chi connectivity index (χ1v) is 12.9. The molecule has 0 aliphatic carbocycles. The third kappa shape index (κ3) is 4.19. The van der Waals surface area contributed by atoms with E-state index in [1.165, 1.54) is 11.3 Å². The molecule has 1 fully saturated rings. The van der Waals surface area contributed by atoms with E-state index in [2.05, 4.69) is 50.1 Å². The highest BCUT2D eigenvalue weighted by atomic mass is 79.9. The largest absolute Gasteiger partial charge is 0.494 e. The van der Waals surface area contributed by atoms with Gasteiger partial charge < -0.3 is 25.0 Å². The van der Waals surface area contributed by atoms with Crippen LogP contribution in [0.4, 0.5) is 10.5 Å². The number of para-hydroxylation sites is 1. The number of nitrogens with one attached hydrogen (secondary N) is 3. The Morgan fingerprint density at radius 1 is 1.08 bits per heavy atom. The van der Waals surface area contributed by atoms with Gasteiger partial charge in [-0.05, 0) is 53.9 Å². The quantitative estimate of drug-likeness (QED) is 0.242. The van der Waals surface area contributed by atoms with E-state index in [1.54, 1.807) is 22.9 Å². The molecular formula is C28H25BrN4O4. The summed E-state index contributed by atoms with van der Waals surface area (Å²) in [5.41, 5.74) is 1.78. The highest BCUT2D eigenvalue weighted by Crippen LogP contribution is 2.36. The standard InChI is InChI=1S/C28H25BrN4O4/c29-20-7-5-19(6-8-20)28(26(35)31-27(36)32-28)16-33-15-18-13-21(9-10-23(18)25(33)34)37-12-11-17-14-30-24-4-2-1-3-22(17)24/h1-10,13,15,17,30,34H,11-12,14,16H2,(H2,31,32,35,36). The van der Waals surface area contributed by atoms with E-state index >= 15 is 0 Å². The second-order valence-electron chi connectivity index (χ2n) is 9.45. The highest BCUT2D eigenvalue weighted by Gasteiger charge is 2.48. The van der Waals surface area contributed by atoms with Crippen molar-refractivity contribution in [2.75, 3.05) is 18.5 Å². The lowest BCUT2D eigenvalue weighted by Crippen LogP contribution is -2.47. The molecule has 4 N–H and O–H groups in total. The van der Waals surface area contributed by atoms with Crippen LogP contribution in [0.1, 0.15) is 23.5 Å². The van der Waals surface area contributed by atoms with E-state index in [1.807, 2.05) is 36.4 Å². The van der Waals surface area contributed by atoms with E-state index < -0.39 is 17.5 Å². The number of aromatic hydroxyl groups is 1. The van der Waals surface area contributed by atoms with Crippen LogP contribution in [0.15, 0.2) is 77.4 Å². The molecule has 1 saturated heterocycles. The Bertz CT molecular complexity index is 1520. The Labute approximate surface area is 221 Å². The fourth-order valence-corrected chi connectivity index (χ4v) is 5.53. The van der Waals surface area contributed by atoms with Crippen LogP contribution >= 0.6 is 15.9 Å². The predicted molar refractivity (Wildman–Crippen MR) is 144 cm³/mol. The lowest BCUT2D eigenvalue weighted by Gasteiger charge is -2.27. The van der Waals surface area contributed by atoms with Crippen LogP contribution in [0.5, 0.6) is 11.6 Å². The van der Waals surface area contributed by atoms with Gasteiger partial charge in [-0.15, -0.1) is 0 Å². The molecule has 4 aromatic rings. The number of carbonyl (C=O) groups excluding carboxylic acids is 2. The fraction of sp³-hybridized carbons (Fsp3) is 0.214. The first kappa shape index (κ1) is 23.4. The number of hydrogen-bond donors (Lipinski definition) is 4. The van der Waals surface area contributed by atoms with Gasteiger partial charge in [-0.1, -0.05) is 46.3 Å². The number of ether oxygens (including phenoxy) is 1. The lowest BCUT2D eigenvalue weighted by molar-refractivity contribution is -0.124. The zero-order valence-electron chi connectivity index (χ0n) is 19.8. The number of hydrogen-bond acceptors (Lipinski definition) is 5. The topological polar surface area (TPSA) is 105 Å². The zero-order valence-corrected chi connectivity index (χ0v) is 21.4. The highest BCUT2D eigenvalue weighted by molar-refractivity contribution is 9.10. The number of fused-ring (bicyclic) bond motifs is 2. The molecule has 6 rings (SSSR count). The van der Waals surface area contributed by atoms with Crippen LogP contribution in [-0.2, 0) is 16.9 Å². The Morgan fingerprint density at radius 2 is 1.89 bits per heavy atom. The summed E-state index contributed by atoms with van der Waals surface area (Å²) < 4.78 is 8.50. The number of amides is 3.